The summed E-state index contributed by atoms with van der Waals surface area (Å²) in [7, 11) is 0. The average molecular weight is 364 g/mol. The highest BCUT2D eigenvalue weighted by Crippen LogP contribution is 2.20. The van der Waals surface area contributed by atoms with Crippen molar-refractivity contribution < 1.29 is 9.42 Å². The maximum Gasteiger partial charge on any atom is 0.224 e. The van der Waals surface area contributed by atoms with E-state index >= 15 is 0 Å². The van der Waals surface area contributed by atoms with Crippen molar-refractivity contribution in [2.45, 2.75) is 38.9 Å². The van der Waals surface area contributed by atoms with Gasteiger partial charge in [0.25, 0.3) is 0 Å². The van der Waals surface area contributed by atoms with Crippen molar-refractivity contribution in [3.8, 4) is 0 Å². The van der Waals surface area contributed by atoms with E-state index in [0.717, 1.165) is 42.7 Å². The third-order valence-electron chi connectivity index (χ3n) is 5.26. The Hall–Kier alpha value is -2.73. The fourth-order valence-corrected chi connectivity index (χ4v) is 3.76. The SMILES string of the molecule is CC[C@@H]1CN(Cc2ccc3nonc3c2)CCC(=O)N1Cc1ccccc1. The number of fused-ring (bicyclic) bond motifs is 1. The molecule has 0 bridgehead atoms. The van der Waals surface area contributed by atoms with E-state index in [1.807, 2.05) is 30.3 Å². The molecule has 27 heavy (non-hydrogen) atoms. The lowest BCUT2D eigenvalue weighted by molar-refractivity contribution is -0.133. The van der Waals surface area contributed by atoms with Crippen LogP contribution in [-0.2, 0) is 17.9 Å². The summed E-state index contributed by atoms with van der Waals surface area (Å²) in [5.74, 6) is 0.240. The van der Waals surface area contributed by atoms with Crippen molar-refractivity contribution in [1.29, 1.82) is 0 Å². The van der Waals surface area contributed by atoms with E-state index in [9.17, 15) is 4.79 Å². The van der Waals surface area contributed by atoms with Crippen LogP contribution in [0.3, 0.4) is 0 Å². The maximum absolute atomic E-state index is 12.8. The van der Waals surface area contributed by atoms with Gasteiger partial charge in [-0.25, -0.2) is 4.63 Å². The standard InChI is InChI=1S/C21H24N4O2/c1-2-18-15-24(13-17-8-9-19-20(12-17)23-27-22-19)11-10-21(26)25(18)14-16-6-4-3-5-7-16/h3-9,12,18H,2,10-11,13-15H2,1H3/t18-/m1/s1. The van der Waals surface area contributed by atoms with Crippen molar-refractivity contribution in [2.75, 3.05) is 13.1 Å². The first-order valence-electron chi connectivity index (χ1n) is 9.50. The lowest BCUT2D eigenvalue weighted by atomic mass is 10.1. The van der Waals surface area contributed by atoms with E-state index in [-0.39, 0.29) is 11.9 Å². The van der Waals surface area contributed by atoms with Crippen LogP contribution in [0.2, 0.25) is 0 Å². The van der Waals surface area contributed by atoms with Gasteiger partial charge in [0.05, 0.1) is 0 Å². The molecule has 0 unspecified atom stereocenters. The van der Waals surface area contributed by atoms with Gasteiger partial charge in [-0.1, -0.05) is 43.3 Å². The molecule has 1 atom stereocenters. The normalized spacial score (nSPS) is 18.8. The highest BCUT2D eigenvalue weighted by Gasteiger charge is 2.28. The Morgan fingerprint density at radius 2 is 1.85 bits per heavy atom. The van der Waals surface area contributed by atoms with Gasteiger partial charge in [-0.15, -0.1) is 0 Å². The van der Waals surface area contributed by atoms with E-state index in [1.165, 1.54) is 5.56 Å². The van der Waals surface area contributed by atoms with Crippen LogP contribution in [0.1, 0.15) is 30.9 Å². The highest BCUT2D eigenvalue weighted by molar-refractivity contribution is 5.77. The van der Waals surface area contributed by atoms with Crippen LogP contribution < -0.4 is 0 Å². The smallest absolute Gasteiger partial charge is 0.224 e. The molecule has 0 radical (unpaired) electrons. The highest BCUT2D eigenvalue weighted by atomic mass is 16.6. The molecule has 2 aromatic carbocycles. The lowest BCUT2D eigenvalue weighted by Gasteiger charge is -2.31. The topological polar surface area (TPSA) is 62.5 Å². The van der Waals surface area contributed by atoms with Gasteiger partial charge in [-0.05, 0) is 40.0 Å². The number of carbonyl (C=O) groups is 1. The molecule has 0 spiro atoms. The van der Waals surface area contributed by atoms with Gasteiger partial charge in [0.15, 0.2) is 0 Å². The average Bonchev–Trinajstić information content (AvgIpc) is 3.11. The molecule has 1 amide bonds. The van der Waals surface area contributed by atoms with Gasteiger partial charge in [0, 0.05) is 38.6 Å². The molecule has 1 aliphatic heterocycles. The number of hydrogen-bond acceptors (Lipinski definition) is 5. The Bertz CT molecular complexity index is 909. The van der Waals surface area contributed by atoms with Gasteiger partial charge >= 0.3 is 0 Å². The van der Waals surface area contributed by atoms with Crippen LogP contribution in [0.4, 0.5) is 0 Å². The van der Waals surface area contributed by atoms with Crippen LogP contribution >= 0.6 is 0 Å². The summed E-state index contributed by atoms with van der Waals surface area (Å²) in [5.41, 5.74) is 3.89. The Morgan fingerprint density at radius 1 is 1.04 bits per heavy atom. The van der Waals surface area contributed by atoms with Crippen molar-refractivity contribution in [2.24, 2.45) is 0 Å². The van der Waals surface area contributed by atoms with Crippen LogP contribution in [0.5, 0.6) is 0 Å². The minimum Gasteiger partial charge on any atom is -0.334 e. The fourth-order valence-electron chi connectivity index (χ4n) is 3.76. The Morgan fingerprint density at radius 3 is 2.67 bits per heavy atom. The monoisotopic (exact) mass is 364 g/mol. The van der Waals surface area contributed by atoms with Crippen molar-refractivity contribution >= 4 is 16.9 Å². The van der Waals surface area contributed by atoms with Crippen LogP contribution in [0.25, 0.3) is 11.0 Å². The molecule has 0 aliphatic carbocycles. The van der Waals surface area contributed by atoms with Crippen LogP contribution in [0.15, 0.2) is 53.2 Å². The second kappa shape index (κ2) is 7.88. The van der Waals surface area contributed by atoms with E-state index in [2.05, 4.69) is 45.2 Å². The zero-order valence-corrected chi connectivity index (χ0v) is 15.5. The third-order valence-corrected chi connectivity index (χ3v) is 5.26. The molecule has 1 fully saturated rings. The van der Waals surface area contributed by atoms with E-state index in [4.69, 9.17) is 4.63 Å². The van der Waals surface area contributed by atoms with Crippen LogP contribution in [-0.4, -0.2) is 45.2 Å². The Balaban J connectivity index is 1.49. The molecule has 3 aromatic rings. The summed E-state index contributed by atoms with van der Waals surface area (Å²) in [5, 5.41) is 7.78. The Kier molecular flexibility index (Phi) is 5.16. The third kappa shape index (κ3) is 4.01. The van der Waals surface area contributed by atoms with Gasteiger partial charge in [-0.3, -0.25) is 9.69 Å². The number of hydrogen-bond donors (Lipinski definition) is 0. The minimum absolute atomic E-state index is 0.220. The number of rotatable bonds is 5. The zero-order chi connectivity index (χ0) is 18.6. The molecule has 1 saturated heterocycles. The largest absolute Gasteiger partial charge is 0.334 e. The molecule has 1 aromatic heterocycles. The first-order valence-corrected chi connectivity index (χ1v) is 9.50. The van der Waals surface area contributed by atoms with Crippen LogP contribution in [0, 0.1) is 0 Å². The molecular weight excluding hydrogens is 340 g/mol. The summed E-state index contributed by atoms with van der Waals surface area (Å²) in [6.45, 7) is 5.29. The molecule has 0 saturated carbocycles. The number of nitrogens with zero attached hydrogens (tertiary/aromatic N) is 4. The van der Waals surface area contributed by atoms with E-state index in [1.54, 1.807) is 0 Å². The van der Waals surface area contributed by atoms with Gasteiger partial charge in [-0.2, -0.15) is 0 Å². The second-order valence-corrected chi connectivity index (χ2v) is 7.14. The molecular formula is C21H24N4O2. The summed E-state index contributed by atoms with van der Waals surface area (Å²) in [6.07, 6.45) is 1.50. The quantitative estimate of drug-likeness (QED) is 0.695. The zero-order valence-electron chi connectivity index (χ0n) is 15.5. The molecule has 6 heteroatoms. The van der Waals surface area contributed by atoms with E-state index in [0.29, 0.717) is 13.0 Å². The maximum atomic E-state index is 12.8. The van der Waals surface area contributed by atoms with Gasteiger partial charge < -0.3 is 4.90 Å². The van der Waals surface area contributed by atoms with Crippen molar-refractivity contribution in [1.82, 2.24) is 20.1 Å². The number of aromatic nitrogens is 2. The summed E-state index contributed by atoms with van der Waals surface area (Å²) >= 11 is 0. The summed E-state index contributed by atoms with van der Waals surface area (Å²) < 4.78 is 4.78. The van der Waals surface area contributed by atoms with Gasteiger partial charge in [0.2, 0.25) is 5.91 Å². The predicted octanol–water partition coefficient (Wildman–Crippen LogP) is 3.24. The molecule has 4 rings (SSSR count). The summed E-state index contributed by atoms with van der Waals surface area (Å²) in [6, 6.07) is 16.5. The molecule has 6 nitrogen and oxygen atoms in total. The molecule has 2 heterocycles. The van der Waals surface area contributed by atoms with Gasteiger partial charge in [0.1, 0.15) is 11.0 Å². The minimum atomic E-state index is 0.220. The number of amides is 1. The molecule has 140 valence electrons. The first-order chi connectivity index (χ1) is 13.2. The van der Waals surface area contributed by atoms with Crippen molar-refractivity contribution in [3.05, 3.63) is 59.7 Å². The molecule has 1 aliphatic rings. The van der Waals surface area contributed by atoms with Crippen molar-refractivity contribution in [3.63, 3.8) is 0 Å². The first kappa shape index (κ1) is 17.7. The lowest BCUT2D eigenvalue weighted by Crippen LogP contribution is -2.42. The second-order valence-electron chi connectivity index (χ2n) is 7.14. The fraction of sp³-hybridized carbons (Fsp3) is 0.381. The van der Waals surface area contributed by atoms with E-state index < -0.39 is 0 Å². The predicted molar refractivity (Wildman–Crippen MR) is 103 cm³/mol. The number of benzene rings is 2. The molecule has 0 N–H and O–H groups in total. The number of carbonyl (C=O) groups excluding carboxylic acids is 1. The Labute approximate surface area is 158 Å². The summed E-state index contributed by atoms with van der Waals surface area (Å²) in [4.78, 5) is 17.2.